The van der Waals surface area contributed by atoms with Crippen molar-refractivity contribution in [3.63, 3.8) is 0 Å². The standard InChI is InChI=1S/C18H18BrClFN5O/c1-9-16(22-18(27)17-15(19)10(2)25(4)24-17)11(3)26(23-9)8-12-5-6-13(21)7-14(12)20/h5-7H,8H2,1-4H3,(H,22,27). The minimum Gasteiger partial charge on any atom is -0.317 e. The maximum absolute atomic E-state index is 13.2. The molecule has 1 N–H and O–H groups in total. The van der Waals surface area contributed by atoms with Crippen LogP contribution in [0.15, 0.2) is 22.7 Å². The fourth-order valence-electron chi connectivity index (χ4n) is 2.74. The third-order valence-corrected chi connectivity index (χ3v) is 5.73. The fraction of sp³-hybridized carbons (Fsp3) is 0.278. The Bertz CT molecular complexity index is 1040. The summed E-state index contributed by atoms with van der Waals surface area (Å²) >= 11 is 9.52. The highest BCUT2D eigenvalue weighted by atomic mass is 79.9. The molecule has 9 heteroatoms. The lowest BCUT2D eigenvalue weighted by molar-refractivity contribution is 0.102. The van der Waals surface area contributed by atoms with Crippen molar-refractivity contribution < 1.29 is 9.18 Å². The molecule has 2 heterocycles. The highest BCUT2D eigenvalue weighted by molar-refractivity contribution is 9.10. The van der Waals surface area contributed by atoms with Crippen molar-refractivity contribution in [3.8, 4) is 0 Å². The molecule has 0 bridgehead atoms. The first-order valence-electron chi connectivity index (χ1n) is 8.17. The fourth-order valence-corrected chi connectivity index (χ4v) is 3.49. The average Bonchev–Trinajstić information content (AvgIpc) is 3.02. The molecule has 2 aromatic heterocycles. The first kappa shape index (κ1) is 19.6. The molecule has 0 aliphatic heterocycles. The second-order valence-corrected chi connectivity index (χ2v) is 7.47. The Morgan fingerprint density at radius 1 is 1.26 bits per heavy atom. The summed E-state index contributed by atoms with van der Waals surface area (Å²) in [7, 11) is 1.78. The molecule has 3 rings (SSSR count). The van der Waals surface area contributed by atoms with E-state index in [1.165, 1.54) is 12.1 Å². The van der Waals surface area contributed by atoms with Crippen LogP contribution in [0.4, 0.5) is 10.1 Å². The summed E-state index contributed by atoms with van der Waals surface area (Å²) in [6.45, 7) is 5.90. The summed E-state index contributed by atoms with van der Waals surface area (Å²) < 4.78 is 17.3. The topological polar surface area (TPSA) is 64.7 Å². The van der Waals surface area contributed by atoms with Crippen LogP contribution in [-0.4, -0.2) is 25.5 Å². The molecule has 0 saturated carbocycles. The number of nitrogens with zero attached hydrogens (tertiary/aromatic N) is 4. The zero-order chi connectivity index (χ0) is 19.9. The van der Waals surface area contributed by atoms with Crippen LogP contribution in [0.25, 0.3) is 0 Å². The Morgan fingerprint density at radius 3 is 2.56 bits per heavy atom. The van der Waals surface area contributed by atoms with E-state index in [1.54, 1.807) is 22.5 Å². The van der Waals surface area contributed by atoms with Gasteiger partial charge in [0.25, 0.3) is 5.91 Å². The molecule has 0 fully saturated rings. The number of rotatable bonds is 4. The summed E-state index contributed by atoms with van der Waals surface area (Å²) in [5, 5.41) is 11.9. The Labute approximate surface area is 169 Å². The third kappa shape index (κ3) is 3.77. The van der Waals surface area contributed by atoms with Crippen molar-refractivity contribution in [1.82, 2.24) is 19.6 Å². The van der Waals surface area contributed by atoms with Crippen molar-refractivity contribution in [3.05, 3.63) is 61.9 Å². The smallest absolute Gasteiger partial charge is 0.277 e. The van der Waals surface area contributed by atoms with Gasteiger partial charge >= 0.3 is 0 Å². The molecule has 0 radical (unpaired) electrons. The van der Waals surface area contributed by atoms with E-state index in [2.05, 4.69) is 31.4 Å². The zero-order valence-electron chi connectivity index (χ0n) is 15.3. The van der Waals surface area contributed by atoms with Gasteiger partial charge in [-0.05, 0) is 54.4 Å². The lowest BCUT2D eigenvalue weighted by atomic mass is 10.2. The van der Waals surface area contributed by atoms with Gasteiger partial charge in [0.05, 0.1) is 33.8 Å². The molecular formula is C18H18BrClFN5O. The van der Waals surface area contributed by atoms with Crippen LogP contribution in [0.3, 0.4) is 0 Å². The van der Waals surface area contributed by atoms with Gasteiger partial charge in [0.2, 0.25) is 0 Å². The Morgan fingerprint density at radius 2 is 1.96 bits per heavy atom. The number of aromatic nitrogens is 4. The van der Waals surface area contributed by atoms with Gasteiger partial charge in [-0.15, -0.1) is 0 Å². The van der Waals surface area contributed by atoms with Gasteiger partial charge in [0.1, 0.15) is 5.82 Å². The molecule has 0 atom stereocenters. The SMILES string of the molecule is Cc1nn(Cc2ccc(F)cc2Cl)c(C)c1NC(=O)c1nn(C)c(C)c1Br. The molecule has 0 spiro atoms. The lowest BCUT2D eigenvalue weighted by Crippen LogP contribution is -2.15. The van der Waals surface area contributed by atoms with Crippen molar-refractivity contribution >= 4 is 39.1 Å². The highest BCUT2D eigenvalue weighted by Gasteiger charge is 2.21. The first-order valence-corrected chi connectivity index (χ1v) is 9.34. The molecule has 6 nitrogen and oxygen atoms in total. The molecule has 1 amide bonds. The van der Waals surface area contributed by atoms with Crippen LogP contribution in [0.5, 0.6) is 0 Å². The van der Waals surface area contributed by atoms with Crippen molar-refractivity contribution in [2.75, 3.05) is 5.32 Å². The lowest BCUT2D eigenvalue weighted by Gasteiger charge is -2.08. The summed E-state index contributed by atoms with van der Waals surface area (Å²) in [6.07, 6.45) is 0. The molecule has 1 aromatic carbocycles. The summed E-state index contributed by atoms with van der Waals surface area (Å²) in [5.74, 6) is -0.711. The van der Waals surface area contributed by atoms with Gasteiger partial charge in [-0.25, -0.2) is 4.39 Å². The maximum atomic E-state index is 13.2. The third-order valence-electron chi connectivity index (χ3n) is 4.43. The molecule has 27 heavy (non-hydrogen) atoms. The van der Waals surface area contributed by atoms with Gasteiger partial charge in [0, 0.05) is 12.1 Å². The van der Waals surface area contributed by atoms with Gasteiger partial charge in [-0.3, -0.25) is 14.2 Å². The van der Waals surface area contributed by atoms with Gasteiger partial charge in [0.15, 0.2) is 5.69 Å². The predicted octanol–water partition coefficient (Wildman–Crippen LogP) is 4.40. The normalized spacial score (nSPS) is 11.1. The van der Waals surface area contributed by atoms with E-state index in [0.29, 0.717) is 33.1 Å². The van der Waals surface area contributed by atoms with E-state index in [0.717, 1.165) is 17.0 Å². The average molecular weight is 455 g/mol. The van der Waals surface area contributed by atoms with Gasteiger partial charge < -0.3 is 5.32 Å². The molecule has 0 saturated heterocycles. The first-order chi connectivity index (χ1) is 12.7. The van der Waals surface area contributed by atoms with Crippen LogP contribution >= 0.6 is 27.5 Å². The van der Waals surface area contributed by atoms with Crippen molar-refractivity contribution in [2.24, 2.45) is 7.05 Å². The number of amides is 1. The van der Waals surface area contributed by atoms with Crippen LogP contribution in [0.1, 0.15) is 33.1 Å². The van der Waals surface area contributed by atoms with Gasteiger partial charge in [-0.1, -0.05) is 17.7 Å². The molecule has 142 valence electrons. The molecule has 0 unspecified atom stereocenters. The van der Waals surface area contributed by atoms with Crippen molar-refractivity contribution in [2.45, 2.75) is 27.3 Å². The Balaban J connectivity index is 1.87. The minimum atomic E-state index is -0.388. The van der Waals surface area contributed by atoms with E-state index in [1.807, 2.05) is 20.8 Å². The number of carbonyl (C=O) groups is 1. The highest BCUT2D eigenvalue weighted by Crippen LogP contribution is 2.26. The second kappa shape index (κ2) is 7.44. The molecule has 0 aliphatic carbocycles. The Kier molecular flexibility index (Phi) is 5.39. The van der Waals surface area contributed by atoms with E-state index < -0.39 is 0 Å². The molecule has 0 aliphatic rings. The summed E-state index contributed by atoms with van der Waals surface area (Å²) in [5.41, 5.74) is 3.96. The quantitative estimate of drug-likeness (QED) is 0.635. The number of hydrogen-bond donors (Lipinski definition) is 1. The van der Waals surface area contributed by atoms with E-state index in [9.17, 15) is 9.18 Å². The number of carbonyl (C=O) groups excluding carboxylic acids is 1. The number of aryl methyl sites for hydroxylation is 2. The Hall–Kier alpha value is -2.19. The van der Waals surface area contributed by atoms with E-state index in [4.69, 9.17) is 11.6 Å². The summed E-state index contributed by atoms with van der Waals surface area (Å²) in [6, 6.07) is 4.25. The number of nitrogens with one attached hydrogen (secondary N) is 1. The number of hydrogen-bond acceptors (Lipinski definition) is 3. The van der Waals surface area contributed by atoms with Crippen LogP contribution in [-0.2, 0) is 13.6 Å². The minimum absolute atomic E-state index is 0.308. The second-order valence-electron chi connectivity index (χ2n) is 6.26. The van der Waals surface area contributed by atoms with Gasteiger partial charge in [-0.2, -0.15) is 10.2 Å². The predicted molar refractivity (Wildman–Crippen MR) is 106 cm³/mol. The zero-order valence-corrected chi connectivity index (χ0v) is 17.6. The molecule has 3 aromatic rings. The monoisotopic (exact) mass is 453 g/mol. The van der Waals surface area contributed by atoms with Crippen LogP contribution in [0, 0.1) is 26.6 Å². The number of anilines is 1. The van der Waals surface area contributed by atoms with Crippen molar-refractivity contribution in [1.29, 1.82) is 0 Å². The maximum Gasteiger partial charge on any atom is 0.277 e. The molecular weight excluding hydrogens is 437 g/mol. The van der Waals surface area contributed by atoms with Crippen LogP contribution < -0.4 is 5.32 Å². The largest absolute Gasteiger partial charge is 0.317 e. The van der Waals surface area contributed by atoms with E-state index in [-0.39, 0.29) is 11.7 Å². The summed E-state index contributed by atoms with van der Waals surface area (Å²) in [4.78, 5) is 12.6. The number of halogens is 3. The van der Waals surface area contributed by atoms with Crippen LogP contribution in [0.2, 0.25) is 5.02 Å². The van der Waals surface area contributed by atoms with E-state index >= 15 is 0 Å². The number of benzene rings is 1.